The van der Waals surface area contributed by atoms with Crippen LogP contribution in [-0.4, -0.2) is 45.4 Å². The Morgan fingerprint density at radius 1 is 1.24 bits per heavy atom. The van der Waals surface area contributed by atoms with Crippen LogP contribution in [0.15, 0.2) is 29.4 Å². The van der Waals surface area contributed by atoms with Crippen molar-refractivity contribution >= 4 is 27.1 Å². The summed E-state index contributed by atoms with van der Waals surface area (Å²) in [5.74, 6) is -3.98. The van der Waals surface area contributed by atoms with E-state index in [9.17, 15) is 31.0 Å². The van der Waals surface area contributed by atoms with Gasteiger partial charge in [-0.25, -0.2) is 27.7 Å². The molecule has 0 aromatic carbocycles. The molecule has 0 saturated carbocycles. The van der Waals surface area contributed by atoms with Gasteiger partial charge in [-0.15, -0.1) is 0 Å². The molecule has 13 heteroatoms. The number of alkyl halides is 5. The predicted molar refractivity (Wildman–Crippen MR) is 112 cm³/mol. The van der Waals surface area contributed by atoms with Crippen molar-refractivity contribution in [2.75, 3.05) is 29.6 Å². The van der Waals surface area contributed by atoms with Crippen molar-refractivity contribution in [1.29, 1.82) is 4.78 Å². The maximum Gasteiger partial charge on any atom is 0.418 e. The highest BCUT2D eigenvalue weighted by Gasteiger charge is 2.37. The number of halogens is 5. The molecule has 1 aliphatic rings. The van der Waals surface area contributed by atoms with Gasteiger partial charge in [-0.2, -0.15) is 13.2 Å². The molecule has 1 amide bonds. The molecule has 2 aromatic heterocycles. The van der Waals surface area contributed by atoms with Crippen molar-refractivity contribution in [2.24, 2.45) is 0 Å². The Hall–Kier alpha value is -2.83. The van der Waals surface area contributed by atoms with Gasteiger partial charge in [-0.3, -0.25) is 4.79 Å². The number of aryl methyl sites for hydroxylation is 1. The molecule has 2 aromatic rings. The SMILES string of the molecule is Cc1nc(N2CCCC(F)(F)CC2)c(C(=O)Nc2ccnc(S(C)(=N)=O)c2)cc1C(F)(F)F. The number of nitrogens with zero attached hydrogens (tertiary/aromatic N) is 3. The second-order valence-corrected chi connectivity index (χ2v) is 9.97. The highest BCUT2D eigenvalue weighted by atomic mass is 32.2. The average Bonchev–Trinajstić information content (AvgIpc) is 2.86. The van der Waals surface area contributed by atoms with Gasteiger partial charge in [-0.05, 0) is 31.5 Å². The lowest BCUT2D eigenvalue weighted by molar-refractivity contribution is -0.138. The van der Waals surface area contributed by atoms with Gasteiger partial charge in [-0.1, -0.05) is 0 Å². The summed E-state index contributed by atoms with van der Waals surface area (Å²) < 4.78 is 87.7. The molecule has 2 N–H and O–H groups in total. The number of hydrogen-bond acceptors (Lipinski definition) is 6. The van der Waals surface area contributed by atoms with E-state index in [-0.39, 0.29) is 48.2 Å². The maximum absolute atomic E-state index is 13.8. The van der Waals surface area contributed by atoms with E-state index in [4.69, 9.17) is 4.78 Å². The standard InChI is InChI=1S/C20H22F5N5O2S/c1-12-15(20(23,24)25)11-14(17(28-12)30-8-3-5-19(21,22)6-9-30)18(31)29-13-4-7-27-16(10-13)33(2,26)32/h4,7,10-11,26H,3,5-6,8-9H2,1-2H3,(H,27,29,31). The van der Waals surface area contributed by atoms with Crippen LogP contribution in [0.3, 0.4) is 0 Å². The molecule has 1 unspecified atom stereocenters. The molecule has 0 radical (unpaired) electrons. The molecule has 7 nitrogen and oxygen atoms in total. The van der Waals surface area contributed by atoms with Gasteiger partial charge >= 0.3 is 6.18 Å². The number of aromatic nitrogens is 2. The lowest BCUT2D eigenvalue weighted by atomic mass is 10.1. The Morgan fingerprint density at radius 3 is 2.58 bits per heavy atom. The fraction of sp³-hybridized carbons (Fsp3) is 0.450. The topological polar surface area (TPSA) is 99.0 Å². The summed E-state index contributed by atoms with van der Waals surface area (Å²) in [5, 5.41) is 2.29. The van der Waals surface area contributed by atoms with Crippen molar-refractivity contribution in [1.82, 2.24) is 9.97 Å². The molecule has 1 aliphatic heterocycles. The molecular formula is C20H22F5N5O2S. The number of nitrogens with one attached hydrogen (secondary N) is 2. The molecule has 180 valence electrons. The van der Waals surface area contributed by atoms with Crippen LogP contribution in [0.2, 0.25) is 0 Å². The first-order valence-corrected chi connectivity index (χ1v) is 11.9. The molecule has 0 spiro atoms. The Bertz CT molecular complexity index is 1170. The van der Waals surface area contributed by atoms with Crippen molar-refractivity contribution in [3.05, 3.63) is 41.2 Å². The van der Waals surface area contributed by atoms with Crippen LogP contribution >= 0.6 is 0 Å². The third-order valence-corrected chi connectivity index (χ3v) is 6.17. The number of carbonyl (C=O) groups excluding carboxylic acids is 1. The monoisotopic (exact) mass is 491 g/mol. The third-order valence-electron chi connectivity index (χ3n) is 5.15. The fourth-order valence-electron chi connectivity index (χ4n) is 3.46. The number of anilines is 2. The maximum atomic E-state index is 13.8. The van der Waals surface area contributed by atoms with E-state index in [2.05, 4.69) is 15.3 Å². The van der Waals surface area contributed by atoms with Gasteiger partial charge in [0.05, 0.1) is 26.5 Å². The molecule has 1 saturated heterocycles. The van der Waals surface area contributed by atoms with E-state index in [1.54, 1.807) is 0 Å². The molecule has 3 rings (SSSR count). The van der Waals surface area contributed by atoms with E-state index in [1.165, 1.54) is 23.2 Å². The normalized spacial score (nSPS) is 18.3. The first-order chi connectivity index (χ1) is 15.2. The second kappa shape index (κ2) is 8.84. The Balaban J connectivity index is 2.04. The minimum Gasteiger partial charge on any atom is -0.356 e. The van der Waals surface area contributed by atoms with E-state index >= 15 is 0 Å². The molecular weight excluding hydrogens is 469 g/mol. The lowest BCUT2D eigenvalue weighted by Crippen LogP contribution is -2.30. The smallest absolute Gasteiger partial charge is 0.356 e. The van der Waals surface area contributed by atoms with Crippen LogP contribution in [0.4, 0.5) is 33.5 Å². The van der Waals surface area contributed by atoms with Crippen molar-refractivity contribution < 1.29 is 31.0 Å². The van der Waals surface area contributed by atoms with Crippen LogP contribution in [0.5, 0.6) is 0 Å². The molecule has 3 heterocycles. The van der Waals surface area contributed by atoms with Gasteiger partial charge in [0, 0.05) is 44.1 Å². The number of carbonyl (C=O) groups is 1. The zero-order chi connectivity index (χ0) is 24.6. The average molecular weight is 491 g/mol. The summed E-state index contributed by atoms with van der Waals surface area (Å²) in [4.78, 5) is 22.2. The number of amides is 1. The quantitative estimate of drug-likeness (QED) is 0.604. The van der Waals surface area contributed by atoms with Crippen LogP contribution < -0.4 is 10.2 Å². The first kappa shape index (κ1) is 24.8. The highest BCUT2D eigenvalue weighted by molar-refractivity contribution is 7.91. The molecule has 1 atom stereocenters. The minimum atomic E-state index is -4.78. The number of hydrogen-bond donors (Lipinski definition) is 2. The number of pyridine rings is 2. The van der Waals surface area contributed by atoms with Gasteiger partial charge in [0.25, 0.3) is 5.91 Å². The van der Waals surface area contributed by atoms with Crippen LogP contribution in [0.25, 0.3) is 0 Å². The van der Waals surface area contributed by atoms with E-state index < -0.39 is 45.3 Å². The summed E-state index contributed by atoms with van der Waals surface area (Å²) >= 11 is 0. The van der Waals surface area contributed by atoms with Crippen LogP contribution in [-0.2, 0) is 15.9 Å². The summed E-state index contributed by atoms with van der Waals surface area (Å²) in [7, 11) is -3.20. The molecule has 0 aliphatic carbocycles. The van der Waals surface area contributed by atoms with Gasteiger partial charge < -0.3 is 10.2 Å². The summed E-state index contributed by atoms with van der Waals surface area (Å²) in [6.45, 7) is 1.06. The molecule has 0 bridgehead atoms. The first-order valence-electron chi connectivity index (χ1n) is 9.90. The zero-order valence-electron chi connectivity index (χ0n) is 17.8. The summed E-state index contributed by atoms with van der Waals surface area (Å²) in [6, 6.07) is 3.17. The lowest BCUT2D eigenvalue weighted by Gasteiger charge is -2.25. The highest BCUT2D eigenvalue weighted by Crippen LogP contribution is 2.36. The largest absolute Gasteiger partial charge is 0.418 e. The molecule has 33 heavy (non-hydrogen) atoms. The second-order valence-electron chi connectivity index (χ2n) is 7.87. The Labute approximate surface area is 187 Å². The van der Waals surface area contributed by atoms with Gasteiger partial charge in [0.2, 0.25) is 5.92 Å². The van der Waals surface area contributed by atoms with Crippen molar-refractivity contribution in [3.63, 3.8) is 0 Å². The summed E-state index contributed by atoms with van der Waals surface area (Å²) in [5.41, 5.74) is -1.86. The van der Waals surface area contributed by atoms with Gasteiger partial charge in [0.1, 0.15) is 10.8 Å². The van der Waals surface area contributed by atoms with Gasteiger partial charge in [0.15, 0.2) is 0 Å². The van der Waals surface area contributed by atoms with Crippen molar-refractivity contribution in [2.45, 2.75) is 43.3 Å². The summed E-state index contributed by atoms with van der Waals surface area (Å²) in [6.07, 6.45) is -3.24. The third kappa shape index (κ3) is 5.95. The van der Waals surface area contributed by atoms with E-state index in [0.29, 0.717) is 6.07 Å². The molecule has 1 fully saturated rings. The minimum absolute atomic E-state index is 0.0642. The van der Waals surface area contributed by atoms with E-state index in [0.717, 1.165) is 13.2 Å². The van der Waals surface area contributed by atoms with E-state index in [1.807, 2.05) is 0 Å². The Morgan fingerprint density at radius 2 is 1.94 bits per heavy atom. The predicted octanol–water partition coefficient (Wildman–Crippen LogP) is 4.72. The van der Waals surface area contributed by atoms with Crippen LogP contribution in [0.1, 0.15) is 40.9 Å². The fourth-order valence-corrected chi connectivity index (χ4v) is 4.08. The van der Waals surface area contributed by atoms with Crippen LogP contribution in [0, 0.1) is 11.7 Å². The van der Waals surface area contributed by atoms with Crippen molar-refractivity contribution in [3.8, 4) is 0 Å². The number of rotatable bonds is 4. The Kier molecular flexibility index (Phi) is 6.65. The zero-order valence-corrected chi connectivity index (χ0v) is 18.6.